The van der Waals surface area contributed by atoms with E-state index in [-0.39, 0.29) is 5.38 Å². The molecule has 0 nitrogen and oxygen atoms in total. The zero-order chi connectivity index (χ0) is 12.5. The van der Waals surface area contributed by atoms with E-state index in [1.807, 2.05) is 11.3 Å². The molecule has 3 rings (SSSR count). The van der Waals surface area contributed by atoms with E-state index in [0.717, 1.165) is 6.42 Å². The van der Waals surface area contributed by atoms with Crippen LogP contribution in [0, 0.1) is 0 Å². The second-order valence-electron chi connectivity index (χ2n) is 4.21. The molecule has 92 valence electrons. The van der Waals surface area contributed by atoms with Gasteiger partial charge in [-0.25, -0.2) is 0 Å². The van der Waals surface area contributed by atoms with Crippen molar-refractivity contribution in [1.29, 1.82) is 0 Å². The summed E-state index contributed by atoms with van der Waals surface area (Å²) in [6.45, 7) is 2.18. The maximum atomic E-state index is 6.64. The molecule has 1 atom stereocenters. The highest BCUT2D eigenvalue weighted by Crippen LogP contribution is 2.39. The van der Waals surface area contributed by atoms with Gasteiger partial charge in [0.1, 0.15) is 0 Å². The fourth-order valence-electron chi connectivity index (χ4n) is 2.07. The van der Waals surface area contributed by atoms with Gasteiger partial charge in [0.15, 0.2) is 0 Å². The molecular formula is C15H13ClS2. The zero-order valence-corrected chi connectivity index (χ0v) is 12.4. The lowest BCUT2D eigenvalue weighted by molar-refractivity contribution is 1.19. The number of thiophene rings is 2. The van der Waals surface area contributed by atoms with Crippen molar-refractivity contribution in [3.63, 3.8) is 0 Å². The number of benzene rings is 1. The Hall–Kier alpha value is -0.830. The van der Waals surface area contributed by atoms with E-state index in [1.54, 1.807) is 11.3 Å². The molecule has 0 aliphatic carbocycles. The van der Waals surface area contributed by atoms with Crippen molar-refractivity contribution in [2.45, 2.75) is 18.7 Å². The van der Waals surface area contributed by atoms with E-state index in [0.29, 0.717) is 0 Å². The van der Waals surface area contributed by atoms with Crippen LogP contribution >= 0.6 is 34.3 Å². The number of fused-ring (bicyclic) bond motifs is 1. The molecule has 2 aromatic heterocycles. The van der Waals surface area contributed by atoms with E-state index in [2.05, 4.69) is 48.7 Å². The van der Waals surface area contributed by atoms with E-state index in [4.69, 9.17) is 11.6 Å². The van der Waals surface area contributed by atoms with Crippen LogP contribution in [0.4, 0.5) is 0 Å². The number of halogens is 1. The highest BCUT2D eigenvalue weighted by Gasteiger charge is 2.16. The summed E-state index contributed by atoms with van der Waals surface area (Å²) in [5.41, 5.74) is 1.24. The summed E-state index contributed by atoms with van der Waals surface area (Å²) in [4.78, 5) is 2.65. The maximum Gasteiger partial charge on any atom is 0.0941 e. The van der Waals surface area contributed by atoms with Gasteiger partial charge < -0.3 is 0 Å². The van der Waals surface area contributed by atoms with Crippen molar-refractivity contribution in [3.05, 3.63) is 57.1 Å². The van der Waals surface area contributed by atoms with Gasteiger partial charge in [0.05, 0.1) is 5.38 Å². The molecule has 3 aromatic rings. The van der Waals surface area contributed by atoms with Gasteiger partial charge in [-0.05, 0) is 40.9 Å². The highest BCUT2D eigenvalue weighted by molar-refractivity contribution is 7.17. The predicted octanol–water partition coefficient (Wildman–Crippen LogP) is 5.85. The standard InChI is InChI=1S/C15H13ClS2/c1-2-10-7-8-14(18-10)15(16)12-9-17-13-6-4-3-5-11(12)13/h3-9,15H,2H2,1H3. The van der Waals surface area contributed by atoms with Crippen LogP contribution in [0.25, 0.3) is 10.1 Å². The van der Waals surface area contributed by atoms with Crippen LogP contribution in [0.1, 0.15) is 27.6 Å². The number of hydrogen-bond acceptors (Lipinski definition) is 2. The van der Waals surface area contributed by atoms with Crippen LogP contribution in [0.5, 0.6) is 0 Å². The molecule has 0 aliphatic rings. The summed E-state index contributed by atoms with van der Waals surface area (Å²) in [7, 11) is 0. The fourth-order valence-corrected chi connectivity index (χ4v) is 4.47. The molecule has 0 radical (unpaired) electrons. The molecule has 0 N–H and O–H groups in total. The summed E-state index contributed by atoms with van der Waals surface area (Å²) in [5, 5.41) is 3.45. The van der Waals surface area contributed by atoms with E-state index in [1.165, 1.54) is 25.4 Å². The van der Waals surface area contributed by atoms with Gasteiger partial charge in [0.2, 0.25) is 0 Å². The third-order valence-electron chi connectivity index (χ3n) is 3.06. The Morgan fingerprint density at radius 1 is 1.17 bits per heavy atom. The fraction of sp³-hybridized carbons (Fsp3) is 0.200. The SMILES string of the molecule is CCc1ccc(C(Cl)c2csc3ccccc23)s1. The lowest BCUT2D eigenvalue weighted by atomic mass is 10.1. The first-order valence-corrected chi connectivity index (χ1v) is 8.11. The number of rotatable bonds is 3. The molecule has 1 aromatic carbocycles. The average Bonchev–Trinajstić information content (AvgIpc) is 3.04. The monoisotopic (exact) mass is 292 g/mol. The van der Waals surface area contributed by atoms with Crippen LogP contribution in [-0.4, -0.2) is 0 Å². The molecule has 18 heavy (non-hydrogen) atoms. The number of aryl methyl sites for hydroxylation is 1. The van der Waals surface area contributed by atoms with Gasteiger partial charge in [-0.2, -0.15) is 0 Å². The quantitative estimate of drug-likeness (QED) is 0.531. The Balaban J connectivity index is 2.03. The minimum atomic E-state index is -0.0218. The largest absolute Gasteiger partial charge is 0.143 e. The Bertz CT molecular complexity index is 666. The van der Waals surface area contributed by atoms with Crippen LogP contribution in [0.3, 0.4) is 0 Å². The molecule has 0 bridgehead atoms. The Kier molecular flexibility index (Phi) is 3.42. The second kappa shape index (κ2) is 5.04. The first-order chi connectivity index (χ1) is 8.79. The lowest BCUT2D eigenvalue weighted by Gasteiger charge is -2.06. The van der Waals surface area contributed by atoms with Crippen molar-refractivity contribution in [1.82, 2.24) is 0 Å². The van der Waals surface area contributed by atoms with Crippen LogP contribution in [0.15, 0.2) is 41.8 Å². The zero-order valence-electron chi connectivity index (χ0n) is 10.0. The summed E-state index contributed by atoms with van der Waals surface area (Å²) in [6, 6.07) is 12.8. The van der Waals surface area contributed by atoms with Gasteiger partial charge in [0.25, 0.3) is 0 Å². The minimum absolute atomic E-state index is 0.0218. The van der Waals surface area contributed by atoms with Crippen molar-refractivity contribution in [2.24, 2.45) is 0 Å². The Morgan fingerprint density at radius 3 is 2.78 bits per heavy atom. The van der Waals surface area contributed by atoms with Crippen molar-refractivity contribution in [3.8, 4) is 0 Å². The molecule has 3 heteroatoms. The lowest BCUT2D eigenvalue weighted by Crippen LogP contribution is -1.87. The first kappa shape index (κ1) is 12.2. The summed E-state index contributed by atoms with van der Waals surface area (Å²) >= 11 is 10.2. The van der Waals surface area contributed by atoms with Crippen LogP contribution in [0.2, 0.25) is 0 Å². The summed E-state index contributed by atoms with van der Waals surface area (Å²) in [6.07, 6.45) is 1.08. The molecule has 0 spiro atoms. The average molecular weight is 293 g/mol. The molecule has 0 saturated carbocycles. The Morgan fingerprint density at radius 2 is 2.00 bits per heavy atom. The smallest absolute Gasteiger partial charge is 0.0941 e. The van der Waals surface area contributed by atoms with Gasteiger partial charge in [-0.1, -0.05) is 25.1 Å². The first-order valence-electron chi connectivity index (χ1n) is 5.98. The summed E-state index contributed by atoms with van der Waals surface area (Å²) < 4.78 is 1.31. The minimum Gasteiger partial charge on any atom is -0.143 e. The van der Waals surface area contributed by atoms with Crippen LogP contribution in [-0.2, 0) is 6.42 Å². The third-order valence-corrected chi connectivity index (χ3v) is 5.94. The van der Waals surface area contributed by atoms with E-state index in [9.17, 15) is 0 Å². The Labute approximate surface area is 120 Å². The van der Waals surface area contributed by atoms with E-state index >= 15 is 0 Å². The van der Waals surface area contributed by atoms with Crippen molar-refractivity contribution < 1.29 is 0 Å². The topological polar surface area (TPSA) is 0 Å². The van der Waals surface area contributed by atoms with Gasteiger partial charge in [-0.15, -0.1) is 34.3 Å². The van der Waals surface area contributed by atoms with Crippen molar-refractivity contribution in [2.75, 3.05) is 0 Å². The molecular weight excluding hydrogens is 280 g/mol. The molecule has 0 amide bonds. The number of alkyl halides is 1. The molecule has 1 unspecified atom stereocenters. The maximum absolute atomic E-state index is 6.64. The molecule has 0 fully saturated rings. The predicted molar refractivity (Wildman–Crippen MR) is 83.2 cm³/mol. The molecule has 0 saturated heterocycles. The van der Waals surface area contributed by atoms with Crippen molar-refractivity contribution >= 4 is 44.4 Å². The molecule has 0 aliphatic heterocycles. The van der Waals surface area contributed by atoms with Gasteiger partial charge in [-0.3, -0.25) is 0 Å². The van der Waals surface area contributed by atoms with Gasteiger partial charge >= 0.3 is 0 Å². The van der Waals surface area contributed by atoms with Crippen LogP contribution < -0.4 is 0 Å². The third kappa shape index (κ3) is 2.09. The van der Waals surface area contributed by atoms with E-state index < -0.39 is 0 Å². The normalized spacial score (nSPS) is 13.0. The molecule has 2 heterocycles. The highest BCUT2D eigenvalue weighted by atomic mass is 35.5. The summed E-state index contributed by atoms with van der Waals surface area (Å²) in [5.74, 6) is 0. The number of hydrogen-bond donors (Lipinski definition) is 0. The second-order valence-corrected chi connectivity index (χ2v) is 6.75. The van der Waals surface area contributed by atoms with Gasteiger partial charge in [0, 0.05) is 14.5 Å².